The van der Waals surface area contributed by atoms with Crippen LogP contribution in [0.25, 0.3) is 0 Å². The van der Waals surface area contributed by atoms with E-state index in [4.69, 9.17) is 16.9 Å². The summed E-state index contributed by atoms with van der Waals surface area (Å²) in [5, 5.41) is 7.08. The summed E-state index contributed by atoms with van der Waals surface area (Å²) in [5.74, 6) is -0.756. The molecule has 0 aliphatic heterocycles. The second-order valence-electron chi connectivity index (χ2n) is 2.47. The maximum atomic E-state index is 10.8. The number of hydrogen-bond donors (Lipinski definition) is 3. The molecule has 0 bridgehead atoms. The van der Waals surface area contributed by atoms with Gasteiger partial charge in [0.15, 0.2) is 0 Å². The van der Waals surface area contributed by atoms with Crippen LogP contribution < -0.4 is 11.5 Å². The maximum Gasteiger partial charge on any atom is 0.250 e. The Kier molecular flexibility index (Phi) is 2.27. The van der Waals surface area contributed by atoms with E-state index in [-0.39, 0.29) is 22.8 Å². The van der Waals surface area contributed by atoms with E-state index in [1.807, 2.05) is 0 Å². The maximum absolute atomic E-state index is 10.8. The van der Waals surface area contributed by atoms with Crippen molar-refractivity contribution in [2.45, 2.75) is 0 Å². The molecule has 67 valence electrons. The predicted octanol–water partition coefficient (Wildman–Crippen LogP) is -0.353. The highest BCUT2D eigenvalue weighted by atomic mass is 16.1. The van der Waals surface area contributed by atoms with Crippen molar-refractivity contribution in [3.8, 4) is 0 Å². The van der Waals surface area contributed by atoms with Crippen LogP contribution in [0, 0.1) is 12.3 Å². The summed E-state index contributed by atoms with van der Waals surface area (Å²) in [7, 11) is 0. The van der Waals surface area contributed by atoms with Crippen molar-refractivity contribution < 1.29 is 4.79 Å². The molecule has 1 radical (unpaired) electrons. The molecule has 0 spiro atoms. The van der Waals surface area contributed by atoms with Crippen LogP contribution in [-0.4, -0.2) is 16.7 Å². The van der Waals surface area contributed by atoms with Crippen molar-refractivity contribution >= 4 is 11.7 Å². The van der Waals surface area contributed by atoms with Gasteiger partial charge in [0, 0.05) is 0 Å². The summed E-state index contributed by atoms with van der Waals surface area (Å²) < 4.78 is 0. The van der Waals surface area contributed by atoms with Crippen LogP contribution in [0.2, 0.25) is 0 Å². The highest BCUT2D eigenvalue weighted by molar-refractivity contribution is 5.97. The molecule has 0 saturated carbocycles. The van der Waals surface area contributed by atoms with Gasteiger partial charge in [-0.3, -0.25) is 10.2 Å². The Morgan fingerprint density at radius 2 is 2.08 bits per heavy atom. The van der Waals surface area contributed by atoms with Gasteiger partial charge in [-0.25, -0.2) is 4.98 Å². The number of pyridine rings is 1. The molecular formula is C8H9N4O. The van der Waals surface area contributed by atoms with Gasteiger partial charge < -0.3 is 11.5 Å². The van der Waals surface area contributed by atoms with E-state index in [1.54, 1.807) is 0 Å². The van der Waals surface area contributed by atoms with Gasteiger partial charge in [0.2, 0.25) is 0 Å². The molecule has 0 aliphatic carbocycles. The second-order valence-corrected chi connectivity index (χ2v) is 2.47. The average Bonchev–Trinajstić information content (AvgIpc) is 2.03. The zero-order chi connectivity index (χ0) is 10.0. The first-order chi connectivity index (χ1) is 6.02. The van der Waals surface area contributed by atoms with Gasteiger partial charge in [0.25, 0.3) is 5.91 Å². The number of nitrogens with two attached hydrogens (primary N) is 2. The van der Waals surface area contributed by atoms with Crippen LogP contribution in [0.15, 0.2) is 12.1 Å². The molecule has 1 heterocycles. The van der Waals surface area contributed by atoms with Crippen LogP contribution in [-0.2, 0) is 0 Å². The molecule has 13 heavy (non-hydrogen) atoms. The molecule has 5 nitrogen and oxygen atoms in total. The number of nitrogens with zero attached hydrogens (tertiary/aromatic N) is 1. The van der Waals surface area contributed by atoms with Gasteiger partial charge in [-0.15, -0.1) is 0 Å². The number of carbonyl (C=O) groups excluding carboxylic acids is 1. The standard InChI is InChI=1S/C8H9N4O/c1-4-5(8(11)13)2-3-6(12-4)7(9)10/h2-3H,1H2,(H3,9,10)(H2,11,13). The third-order valence-electron chi connectivity index (χ3n) is 1.52. The Morgan fingerprint density at radius 3 is 2.46 bits per heavy atom. The minimum atomic E-state index is -0.590. The van der Waals surface area contributed by atoms with Crippen LogP contribution in [0.3, 0.4) is 0 Å². The third-order valence-corrected chi connectivity index (χ3v) is 1.52. The van der Waals surface area contributed by atoms with E-state index in [1.165, 1.54) is 12.1 Å². The van der Waals surface area contributed by atoms with Gasteiger partial charge in [-0.05, 0) is 19.1 Å². The van der Waals surface area contributed by atoms with Crippen molar-refractivity contribution in [1.82, 2.24) is 4.98 Å². The summed E-state index contributed by atoms with van der Waals surface area (Å²) in [5.41, 5.74) is 11.0. The smallest absolute Gasteiger partial charge is 0.250 e. The number of nitrogens with one attached hydrogen (secondary N) is 1. The molecule has 5 heteroatoms. The fraction of sp³-hybridized carbons (Fsp3) is 0. The summed E-state index contributed by atoms with van der Waals surface area (Å²) in [6.07, 6.45) is 0. The molecule has 1 rings (SSSR count). The molecule has 0 atom stereocenters. The van der Waals surface area contributed by atoms with Gasteiger partial charge in [-0.2, -0.15) is 0 Å². The van der Waals surface area contributed by atoms with Crippen molar-refractivity contribution in [2.75, 3.05) is 0 Å². The van der Waals surface area contributed by atoms with Crippen LogP contribution in [0.4, 0.5) is 0 Å². The number of aromatic nitrogens is 1. The van der Waals surface area contributed by atoms with Crippen LogP contribution in [0.1, 0.15) is 21.7 Å². The zero-order valence-corrected chi connectivity index (χ0v) is 6.87. The van der Waals surface area contributed by atoms with E-state index in [0.717, 1.165) is 0 Å². The predicted molar refractivity (Wildman–Crippen MR) is 48.2 cm³/mol. The molecule has 1 aromatic rings. The van der Waals surface area contributed by atoms with E-state index < -0.39 is 5.91 Å². The monoisotopic (exact) mass is 177 g/mol. The average molecular weight is 177 g/mol. The van der Waals surface area contributed by atoms with Gasteiger partial charge in [0.1, 0.15) is 11.5 Å². The largest absolute Gasteiger partial charge is 0.382 e. The Hall–Kier alpha value is -1.91. The van der Waals surface area contributed by atoms with E-state index in [2.05, 4.69) is 11.9 Å². The van der Waals surface area contributed by atoms with E-state index in [0.29, 0.717) is 0 Å². The minimum Gasteiger partial charge on any atom is -0.382 e. The highest BCUT2D eigenvalue weighted by Crippen LogP contribution is 2.05. The van der Waals surface area contributed by atoms with Gasteiger partial charge in [0.05, 0.1) is 11.3 Å². The van der Waals surface area contributed by atoms with Crippen molar-refractivity contribution in [1.29, 1.82) is 5.41 Å². The van der Waals surface area contributed by atoms with Crippen molar-refractivity contribution in [3.63, 3.8) is 0 Å². The number of amides is 1. The molecule has 5 N–H and O–H groups in total. The third kappa shape index (κ3) is 1.81. The lowest BCUT2D eigenvalue weighted by molar-refractivity contribution is 0.0999. The van der Waals surface area contributed by atoms with Gasteiger partial charge >= 0.3 is 0 Å². The lowest BCUT2D eigenvalue weighted by atomic mass is 10.1. The molecule has 1 amide bonds. The first kappa shape index (κ1) is 9.18. The van der Waals surface area contributed by atoms with Crippen LogP contribution in [0.5, 0.6) is 0 Å². The van der Waals surface area contributed by atoms with Crippen LogP contribution >= 0.6 is 0 Å². The quantitative estimate of drug-likeness (QED) is 0.424. The highest BCUT2D eigenvalue weighted by Gasteiger charge is 2.07. The number of carbonyl (C=O) groups is 1. The fourth-order valence-corrected chi connectivity index (χ4v) is 0.876. The zero-order valence-electron chi connectivity index (χ0n) is 6.87. The topological polar surface area (TPSA) is 106 Å². The molecule has 0 fully saturated rings. The van der Waals surface area contributed by atoms with E-state index in [9.17, 15) is 4.79 Å². The number of rotatable bonds is 2. The van der Waals surface area contributed by atoms with Gasteiger partial charge in [-0.1, -0.05) is 0 Å². The molecule has 0 unspecified atom stereocenters. The SMILES string of the molecule is [CH2]c1nc(C(=N)N)ccc1C(N)=O. The minimum absolute atomic E-state index is 0.166. The number of hydrogen-bond acceptors (Lipinski definition) is 3. The number of nitrogen functional groups attached to an aromatic ring is 1. The molecule has 0 aromatic carbocycles. The Balaban J connectivity index is 3.20. The summed E-state index contributed by atoms with van der Waals surface area (Å²) in [6.45, 7) is 3.52. The second kappa shape index (κ2) is 3.22. The lowest BCUT2D eigenvalue weighted by Gasteiger charge is -2.02. The molecule has 0 saturated heterocycles. The Morgan fingerprint density at radius 1 is 1.46 bits per heavy atom. The first-order valence-corrected chi connectivity index (χ1v) is 3.49. The Labute approximate surface area is 75.3 Å². The summed E-state index contributed by atoms with van der Waals surface area (Å²) in [6, 6.07) is 2.91. The van der Waals surface area contributed by atoms with Crippen molar-refractivity contribution in [2.24, 2.45) is 11.5 Å². The fourth-order valence-electron chi connectivity index (χ4n) is 0.876. The van der Waals surface area contributed by atoms with Crippen molar-refractivity contribution in [3.05, 3.63) is 36.0 Å². The number of primary amides is 1. The molecule has 1 aromatic heterocycles. The van der Waals surface area contributed by atoms with E-state index >= 15 is 0 Å². The Bertz CT molecular complexity index is 372. The summed E-state index contributed by atoms with van der Waals surface area (Å²) in [4.78, 5) is 14.6. The lowest BCUT2D eigenvalue weighted by Crippen LogP contribution is -2.17. The molecular weight excluding hydrogens is 168 g/mol. The normalized spacial score (nSPS) is 9.62. The number of amidine groups is 1. The molecule has 0 aliphatic rings. The first-order valence-electron chi connectivity index (χ1n) is 3.49. The summed E-state index contributed by atoms with van der Waals surface area (Å²) >= 11 is 0.